The van der Waals surface area contributed by atoms with E-state index in [9.17, 15) is 27.2 Å². The van der Waals surface area contributed by atoms with Crippen LogP contribution in [0, 0.1) is 5.82 Å². The molecule has 1 fully saturated rings. The molecule has 1 aliphatic carbocycles. The number of hydrogen-bond donors (Lipinski definition) is 1. The zero-order valence-corrected chi connectivity index (χ0v) is 19.9. The molecule has 1 aromatic carbocycles. The summed E-state index contributed by atoms with van der Waals surface area (Å²) in [5.74, 6) is -3.04. The van der Waals surface area contributed by atoms with Gasteiger partial charge in [-0.2, -0.15) is 23.4 Å². The summed E-state index contributed by atoms with van der Waals surface area (Å²) in [6.07, 6.45) is -3.41. The molecule has 4 aromatic rings. The van der Waals surface area contributed by atoms with Crippen LogP contribution < -0.4 is 5.73 Å². The number of aromatic nitrogens is 5. The molecule has 5 rings (SSSR count). The number of hydrazine groups is 1. The third-order valence-electron chi connectivity index (χ3n) is 6.31. The molecule has 2 N–H and O–H groups in total. The molecule has 10 nitrogen and oxygen atoms in total. The van der Waals surface area contributed by atoms with Crippen LogP contribution in [-0.2, 0) is 24.6 Å². The predicted octanol–water partition coefficient (Wildman–Crippen LogP) is 3.17. The average Bonchev–Trinajstić information content (AvgIpc) is 3.50. The van der Waals surface area contributed by atoms with Crippen molar-refractivity contribution < 1.29 is 31.5 Å². The van der Waals surface area contributed by atoms with Crippen molar-refractivity contribution >= 4 is 39.4 Å². The van der Waals surface area contributed by atoms with E-state index in [1.807, 2.05) is 0 Å². The molecule has 0 aliphatic heterocycles. The molecular weight excluding hydrogens is 515 g/mol. The number of amides is 2. The number of hydrogen-bond acceptors (Lipinski definition) is 7. The smallest absolute Gasteiger partial charge is 0.383 e. The first-order valence-corrected chi connectivity index (χ1v) is 11.2. The van der Waals surface area contributed by atoms with E-state index >= 15 is 4.39 Å². The van der Waals surface area contributed by atoms with Crippen molar-refractivity contribution in [1.29, 1.82) is 0 Å². The Morgan fingerprint density at radius 3 is 2.47 bits per heavy atom. The fraction of sp³-hybridized carbons (Fsp3) is 0.304. The van der Waals surface area contributed by atoms with Gasteiger partial charge in [0.2, 0.25) is 0 Å². The van der Waals surface area contributed by atoms with Crippen molar-refractivity contribution in [2.45, 2.75) is 31.2 Å². The second-order valence-electron chi connectivity index (χ2n) is 8.94. The van der Waals surface area contributed by atoms with Crippen LogP contribution in [0.25, 0.3) is 21.8 Å². The zero-order valence-electron chi connectivity index (χ0n) is 19.9. The maximum Gasteiger partial charge on any atom is 0.435 e. The van der Waals surface area contributed by atoms with E-state index in [4.69, 9.17) is 5.73 Å². The fourth-order valence-corrected chi connectivity index (χ4v) is 4.07. The number of rotatable bonds is 4. The minimum Gasteiger partial charge on any atom is -0.383 e. The molecule has 0 saturated heterocycles. The Labute approximate surface area is 210 Å². The molecule has 1 aliphatic rings. The maximum absolute atomic E-state index is 15.2. The van der Waals surface area contributed by atoms with E-state index in [2.05, 4.69) is 20.3 Å². The van der Waals surface area contributed by atoms with Crippen LogP contribution in [-0.4, -0.2) is 59.5 Å². The summed E-state index contributed by atoms with van der Waals surface area (Å²) in [6.45, 7) is -0.596. The minimum atomic E-state index is -4.75. The third-order valence-corrected chi connectivity index (χ3v) is 6.31. The number of carbonyl (C=O) groups excluding carboxylic acids is 2. The highest BCUT2D eigenvalue weighted by Gasteiger charge is 2.53. The van der Waals surface area contributed by atoms with E-state index in [0.29, 0.717) is 32.4 Å². The lowest BCUT2D eigenvalue weighted by molar-refractivity contribution is -0.150. The Bertz CT molecular complexity index is 1600. The Morgan fingerprint density at radius 1 is 1.16 bits per heavy atom. The van der Waals surface area contributed by atoms with Gasteiger partial charge >= 0.3 is 6.18 Å². The number of halogens is 5. The molecule has 0 unspecified atom stereocenters. The van der Waals surface area contributed by atoms with Gasteiger partial charge in [-0.3, -0.25) is 19.3 Å². The number of benzene rings is 1. The minimum absolute atomic E-state index is 0.0613. The van der Waals surface area contributed by atoms with Gasteiger partial charge in [0.1, 0.15) is 11.6 Å². The SMILES string of the molecule is CN(C(=O)C1(F)CC1)N(Cc1ccc(C(F)(F)F)nn1)C(=O)c1cc2c(cc1F)nc(N)c1cnn(C)c12. The van der Waals surface area contributed by atoms with Crippen molar-refractivity contribution in [3.63, 3.8) is 0 Å². The second kappa shape index (κ2) is 8.56. The van der Waals surface area contributed by atoms with Crippen LogP contribution in [0.2, 0.25) is 0 Å². The molecule has 3 heterocycles. The molecule has 0 atom stereocenters. The summed E-state index contributed by atoms with van der Waals surface area (Å²) < 4.78 is 70.0. The molecule has 15 heteroatoms. The number of nitrogens with zero attached hydrogens (tertiary/aromatic N) is 7. The summed E-state index contributed by atoms with van der Waals surface area (Å²) in [7, 11) is 2.72. The lowest BCUT2D eigenvalue weighted by Crippen LogP contribution is -2.50. The standard InChI is InChI=1S/C23H19F5N8O2/c1-34-18-13-7-12(15(24)8-16(13)31-19(29)14(18)9-30-34)20(37)36(35(2)21(38)22(25)5-6-22)10-11-3-4-17(33-32-11)23(26,27)28/h3-4,7-9H,5-6,10H2,1-2H3,(H2,29,31). The topological polar surface area (TPSA) is 123 Å². The molecular formula is C23H19F5N8O2. The summed E-state index contributed by atoms with van der Waals surface area (Å²) in [5, 5.41) is 12.9. The van der Waals surface area contributed by atoms with Crippen molar-refractivity contribution in [2.24, 2.45) is 7.05 Å². The predicted molar refractivity (Wildman–Crippen MR) is 123 cm³/mol. The van der Waals surface area contributed by atoms with Crippen LogP contribution in [0.5, 0.6) is 0 Å². The monoisotopic (exact) mass is 534 g/mol. The molecule has 198 valence electrons. The van der Waals surface area contributed by atoms with E-state index in [-0.39, 0.29) is 29.9 Å². The van der Waals surface area contributed by atoms with Gasteiger partial charge in [-0.1, -0.05) is 0 Å². The van der Waals surface area contributed by atoms with Crippen molar-refractivity contribution in [2.75, 3.05) is 12.8 Å². The molecule has 0 spiro atoms. The van der Waals surface area contributed by atoms with Gasteiger partial charge in [-0.15, -0.1) is 5.10 Å². The molecule has 0 radical (unpaired) electrons. The fourth-order valence-electron chi connectivity index (χ4n) is 4.07. The number of nitrogens with two attached hydrogens (primary N) is 1. The van der Waals surface area contributed by atoms with Crippen molar-refractivity contribution in [3.05, 3.63) is 53.2 Å². The normalized spacial score (nSPS) is 14.6. The highest BCUT2D eigenvalue weighted by atomic mass is 19.4. The van der Waals surface area contributed by atoms with Crippen LogP contribution >= 0.6 is 0 Å². The first-order valence-electron chi connectivity index (χ1n) is 11.2. The van der Waals surface area contributed by atoms with E-state index in [1.54, 1.807) is 7.05 Å². The molecule has 38 heavy (non-hydrogen) atoms. The first kappa shape index (κ1) is 25.2. The number of carbonyl (C=O) groups is 2. The Hall–Kier alpha value is -4.43. The van der Waals surface area contributed by atoms with Gasteiger partial charge in [0, 0.05) is 25.5 Å². The van der Waals surface area contributed by atoms with E-state index < -0.39 is 47.3 Å². The zero-order chi connectivity index (χ0) is 27.6. The number of fused-ring (bicyclic) bond motifs is 3. The molecule has 3 aromatic heterocycles. The average molecular weight is 534 g/mol. The van der Waals surface area contributed by atoms with Crippen molar-refractivity contribution in [1.82, 2.24) is 35.0 Å². The van der Waals surface area contributed by atoms with Gasteiger partial charge in [0.15, 0.2) is 11.4 Å². The van der Waals surface area contributed by atoms with Gasteiger partial charge in [-0.25, -0.2) is 18.8 Å². The summed E-state index contributed by atoms with van der Waals surface area (Å²) in [6, 6.07) is 3.80. The Kier molecular flexibility index (Phi) is 5.69. The lowest BCUT2D eigenvalue weighted by Gasteiger charge is -2.32. The quantitative estimate of drug-likeness (QED) is 0.315. The van der Waals surface area contributed by atoms with E-state index in [0.717, 1.165) is 19.2 Å². The summed E-state index contributed by atoms with van der Waals surface area (Å²) in [5.41, 5.74) is 2.44. The van der Waals surface area contributed by atoms with E-state index in [1.165, 1.54) is 16.9 Å². The lowest BCUT2D eigenvalue weighted by atomic mass is 10.1. The van der Waals surface area contributed by atoms with Crippen LogP contribution in [0.4, 0.5) is 27.8 Å². The number of nitrogen functional groups attached to an aromatic ring is 1. The summed E-state index contributed by atoms with van der Waals surface area (Å²) in [4.78, 5) is 30.5. The number of aryl methyl sites for hydroxylation is 1. The van der Waals surface area contributed by atoms with Crippen molar-refractivity contribution in [3.8, 4) is 0 Å². The third kappa shape index (κ3) is 4.22. The van der Waals surface area contributed by atoms with Crippen LogP contribution in [0.1, 0.15) is 34.6 Å². The highest BCUT2D eigenvalue weighted by molar-refractivity contribution is 6.10. The Morgan fingerprint density at radius 2 is 1.87 bits per heavy atom. The number of alkyl halides is 4. The summed E-state index contributed by atoms with van der Waals surface area (Å²) >= 11 is 0. The second-order valence-corrected chi connectivity index (χ2v) is 8.94. The molecule has 1 saturated carbocycles. The van der Waals surface area contributed by atoms with Gasteiger partial charge in [0.05, 0.1) is 40.4 Å². The number of pyridine rings is 1. The van der Waals surface area contributed by atoms with Gasteiger partial charge < -0.3 is 5.73 Å². The van der Waals surface area contributed by atoms with Crippen LogP contribution in [0.3, 0.4) is 0 Å². The maximum atomic E-state index is 15.2. The van der Waals surface area contributed by atoms with Crippen LogP contribution in [0.15, 0.2) is 30.5 Å². The highest BCUT2D eigenvalue weighted by Crippen LogP contribution is 2.41. The Balaban J connectivity index is 1.58. The number of anilines is 1. The first-order chi connectivity index (χ1) is 17.8. The molecule has 2 amide bonds. The van der Waals surface area contributed by atoms with Gasteiger partial charge in [0.25, 0.3) is 11.8 Å². The molecule has 0 bridgehead atoms. The van der Waals surface area contributed by atoms with Gasteiger partial charge in [-0.05, 0) is 31.0 Å². The largest absolute Gasteiger partial charge is 0.435 e.